The number of fused-ring (bicyclic) bond motifs is 1. The predicted octanol–water partition coefficient (Wildman–Crippen LogP) is 3.63. The molecule has 0 aliphatic carbocycles. The zero-order valence-corrected chi connectivity index (χ0v) is 11.3. The lowest BCUT2D eigenvalue weighted by molar-refractivity contribution is 0.320. The molecular formula is C15H20N2O. The molecule has 0 aliphatic rings. The maximum absolute atomic E-state index is 5.78. The fourth-order valence-electron chi connectivity index (χ4n) is 1.99. The lowest BCUT2D eigenvalue weighted by Crippen LogP contribution is -2.00. The normalized spacial score (nSPS) is 10.6. The van der Waals surface area contributed by atoms with Crippen molar-refractivity contribution in [1.29, 1.82) is 0 Å². The molecule has 1 aromatic carbocycles. The maximum atomic E-state index is 5.78. The average Bonchev–Trinajstić information content (AvgIpc) is 2.43. The van der Waals surface area contributed by atoms with Gasteiger partial charge in [0, 0.05) is 23.8 Å². The minimum Gasteiger partial charge on any atom is -0.491 e. The van der Waals surface area contributed by atoms with E-state index >= 15 is 0 Å². The van der Waals surface area contributed by atoms with Crippen molar-refractivity contribution in [1.82, 2.24) is 4.98 Å². The van der Waals surface area contributed by atoms with Crippen molar-refractivity contribution in [3.63, 3.8) is 0 Å². The highest BCUT2D eigenvalue weighted by atomic mass is 16.5. The molecule has 3 heteroatoms. The Labute approximate surface area is 108 Å². The molecular weight excluding hydrogens is 224 g/mol. The van der Waals surface area contributed by atoms with E-state index in [0.717, 1.165) is 47.5 Å². The molecule has 0 saturated heterocycles. The molecule has 0 amide bonds. The van der Waals surface area contributed by atoms with E-state index in [-0.39, 0.29) is 0 Å². The Morgan fingerprint density at radius 3 is 2.78 bits per heavy atom. The van der Waals surface area contributed by atoms with Gasteiger partial charge in [0.1, 0.15) is 11.3 Å². The molecule has 0 aliphatic heterocycles. The summed E-state index contributed by atoms with van der Waals surface area (Å²) in [5, 5.41) is 4.35. The zero-order valence-electron chi connectivity index (χ0n) is 11.3. The van der Waals surface area contributed by atoms with Crippen LogP contribution in [0.4, 0.5) is 5.69 Å². The van der Waals surface area contributed by atoms with Gasteiger partial charge >= 0.3 is 0 Å². The summed E-state index contributed by atoms with van der Waals surface area (Å²) < 4.78 is 5.78. The first-order chi connectivity index (χ1) is 8.80. The predicted molar refractivity (Wildman–Crippen MR) is 76.5 cm³/mol. The van der Waals surface area contributed by atoms with Gasteiger partial charge in [0.25, 0.3) is 0 Å². The Bertz CT molecular complexity index is 537. The Morgan fingerprint density at radius 1 is 1.28 bits per heavy atom. The highest BCUT2D eigenvalue weighted by Crippen LogP contribution is 2.30. The number of rotatable bonds is 5. The molecule has 1 aromatic heterocycles. The van der Waals surface area contributed by atoms with Crippen molar-refractivity contribution in [3.8, 4) is 5.75 Å². The van der Waals surface area contributed by atoms with Gasteiger partial charge in [-0.2, -0.15) is 0 Å². The number of nitrogens with one attached hydrogen (secondary N) is 1. The number of nitrogens with zero attached hydrogens (tertiary/aromatic N) is 1. The third-order valence-corrected chi connectivity index (χ3v) is 2.95. The minimum atomic E-state index is 0.728. The number of anilines is 1. The molecule has 18 heavy (non-hydrogen) atoms. The number of hydrogen-bond donors (Lipinski definition) is 1. The van der Waals surface area contributed by atoms with Gasteiger partial charge in [-0.25, -0.2) is 4.98 Å². The standard InChI is InChI=1S/C15H20N2O/c1-4-9-18-14-8-6-7-12-13(16-3)10-11(5-2)17-15(12)14/h6-8,10H,4-5,9H2,1-3H3,(H,16,17). The Morgan fingerprint density at radius 2 is 2.11 bits per heavy atom. The molecule has 1 N–H and O–H groups in total. The fourth-order valence-corrected chi connectivity index (χ4v) is 1.99. The number of ether oxygens (including phenoxy) is 1. The second-order valence-corrected chi connectivity index (χ2v) is 4.27. The van der Waals surface area contributed by atoms with Gasteiger partial charge in [-0.1, -0.05) is 26.0 Å². The highest BCUT2D eigenvalue weighted by molar-refractivity contribution is 5.95. The van der Waals surface area contributed by atoms with E-state index in [1.165, 1.54) is 0 Å². The van der Waals surface area contributed by atoms with Crippen LogP contribution in [-0.4, -0.2) is 18.6 Å². The Balaban J connectivity index is 2.58. The van der Waals surface area contributed by atoms with Gasteiger partial charge in [-0.3, -0.25) is 0 Å². The van der Waals surface area contributed by atoms with E-state index in [1.807, 2.05) is 19.2 Å². The molecule has 3 nitrogen and oxygen atoms in total. The summed E-state index contributed by atoms with van der Waals surface area (Å²) in [5.74, 6) is 0.876. The lowest BCUT2D eigenvalue weighted by Gasteiger charge is -2.12. The minimum absolute atomic E-state index is 0.728. The first-order valence-electron chi connectivity index (χ1n) is 6.53. The molecule has 0 atom stereocenters. The van der Waals surface area contributed by atoms with Crippen LogP contribution in [-0.2, 0) is 6.42 Å². The molecule has 2 aromatic rings. The van der Waals surface area contributed by atoms with Gasteiger partial charge in [0.2, 0.25) is 0 Å². The number of aromatic nitrogens is 1. The van der Waals surface area contributed by atoms with Gasteiger partial charge in [0.05, 0.1) is 6.61 Å². The summed E-state index contributed by atoms with van der Waals surface area (Å²) in [6.07, 6.45) is 1.93. The van der Waals surface area contributed by atoms with Crippen molar-refractivity contribution < 1.29 is 4.74 Å². The van der Waals surface area contributed by atoms with Crippen LogP contribution in [0.15, 0.2) is 24.3 Å². The van der Waals surface area contributed by atoms with Crippen molar-refractivity contribution >= 4 is 16.6 Å². The number of benzene rings is 1. The van der Waals surface area contributed by atoms with E-state index in [0.29, 0.717) is 0 Å². The summed E-state index contributed by atoms with van der Waals surface area (Å²) in [6.45, 7) is 4.95. The van der Waals surface area contributed by atoms with E-state index in [4.69, 9.17) is 9.72 Å². The number of pyridine rings is 1. The maximum Gasteiger partial charge on any atom is 0.145 e. The molecule has 0 saturated carbocycles. The van der Waals surface area contributed by atoms with Crippen LogP contribution in [0.3, 0.4) is 0 Å². The molecule has 0 unspecified atom stereocenters. The quantitative estimate of drug-likeness (QED) is 0.872. The van der Waals surface area contributed by atoms with E-state index in [9.17, 15) is 0 Å². The van der Waals surface area contributed by atoms with Crippen LogP contribution in [0.1, 0.15) is 26.0 Å². The largest absolute Gasteiger partial charge is 0.491 e. The van der Waals surface area contributed by atoms with E-state index < -0.39 is 0 Å². The van der Waals surface area contributed by atoms with Gasteiger partial charge in [-0.05, 0) is 25.0 Å². The van der Waals surface area contributed by atoms with Crippen LogP contribution in [0.5, 0.6) is 5.75 Å². The first kappa shape index (κ1) is 12.7. The third kappa shape index (κ3) is 2.40. The summed E-state index contributed by atoms with van der Waals surface area (Å²) in [6, 6.07) is 8.18. The third-order valence-electron chi connectivity index (χ3n) is 2.95. The van der Waals surface area contributed by atoms with Crippen molar-refractivity contribution in [2.45, 2.75) is 26.7 Å². The number of aryl methyl sites for hydroxylation is 1. The summed E-state index contributed by atoms with van der Waals surface area (Å²) in [5.41, 5.74) is 3.15. The summed E-state index contributed by atoms with van der Waals surface area (Å²) >= 11 is 0. The Hall–Kier alpha value is -1.77. The highest BCUT2D eigenvalue weighted by Gasteiger charge is 2.08. The fraction of sp³-hybridized carbons (Fsp3) is 0.400. The van der Waals surface area contributed by atoms with E-state index in [2.05, 4.69) is 31.3 Å². The molecule has 0 radical (unpaired) electrons. The number of para-hydroxylation sites is 1. The Kier molecular flexibility index (Phi) is 4.03. The zero-order chi connectivity index (χ0) is 13.0. The van der Waals surface area contributed by atoms with Gasteiger partial charge < -0.3 is 10.1 Å². The number of hydrogen-bond acceptors (Lipinski definition) is 3. The first-order valence-corrected chi connectivity index (χ1v) is 6.53. The SMILES string of the molecule is CCCOc1cccc2c(NC)cc(CC)nc12. The smallest absolute Gasteiger partial charge is 0.145 e. The second kappa shape index (κ2) is 5.71. The van der Waals surface area contributed by atoms with Crippen LogP contribution < -0.4 is 10.1 Å². The lowest BCUT2D eigenvalue weighted by atomic mass is 10.1. The average molecular weight is 244 g/mol. The van der Waals surface area contributed by atoms with Gasteiger partial charge in [0.15, 0.2) is 0 Å². The molecule has 96 valence electrons. The van der Waals surface area contributed by atoms with Crippen molar-refractivity contribution in [3.05, 3.63) is 30.0 Å². The molecule has 1 heterocycles. The molecule has 0 spiro atoms. The van der Waals surface area contributed by atoms with Crippen molar-refractivity contribution in [2.75, 3.05) is 19.0 Å². The summed E-state index contributed by atoms with van der Waals surface area (Å²) in [7, 11) is 1.94. The van der Waals surface area contributed by atoms with Crippen LogP contribution >= 0.6 is 0 Å². The monoisotopic (exact) mass is 244 g/mol. The van der Waals surface area contributed by atoms with Crippen LogP contribution in [0.25, 0.3) is 10.9 Å². The topological polar surface area (TPSA) is 34.1 Å². The van der Waals surface area contributed by atoms with E-state index in [1.54, 1.807) is 0 Å². The van der Waals surface area contributed by atoms with Crippen LogP contribution in [0.2, 0.25) is 0 Å². The van der Waals surface area contributed by atoms with Gasteiger partial charge in [-0.15, -0.1) is 0 Å². The summed E-state index contributed by atoms with van der Waals surface area (Å²) in [4.78, 5) is 4.69. The van der Waals surface area contributed by atoms with Crippen molar-refractivity contribution in [2.24, 2.45) is 0 Å². The molecule has 0 fully saturated rings. The molecule has 2 rings (SSSR count). The molecule has 0 bridgehead atoms. The second-order valence-electron chi connectivity index (χ2n) is 4.27. The van der Waals surface area contributed by atoms with Crippen LogP contribution in [0, 0.1) is 0 Å².